The molecule has 0 aromatic rings. The SMILES string of the molecule is CC1(C)CC(NC2CCCCNC2=O)C(C)(C)O1. The van der Waals surface area contributed by atoms with Crippen LogP contribution in [0.5, 0.6) is 0 Å². The second-order valence-electron chi connectivity index (χ2n) is 6.73. The zero-order valence-electron chi connectivity index (χ0n) is 12.0. The van der Waals surface area contributed by atoms with Crippen molar-refractivity contribution in [1.82, 2.24) is 10.6 Å². The number of carbonyl (C=O) groups is 1. The Morgan fingerprint density at radius 1 is 1.28 bits per heavy atom. The number of hydrogen-bond donors (Lipinski definition) is 2. The Labute approximate surface area is 110 Å². The Kier molecular flexibility index (Phi) is 3.70. The largest absolute Gasteiger partial charge is 0.368 e. The van der Waals surface area contributed by atoms with E-state index >= 15 is 0 Å². The lowest BCUT2D eigenvalue weighted by Crippen LogP contribution is -2.52. The second-order valence-corrected chi connectivity index (χ2v) is 6.73. The summed E-state index contributed by atoms with van der Waals surface area (Å²) in [6.07, 6.45) is 4.07. The lowest BCUT2D eigenvalue weighted by molar-refractivity contribution is -0.123. The topological polar surface area (TPSA) is 50.4 Å². The summed E-state index contributed by atoms with van der Waals surface area (Å²) in [5.41, 5.74) is -0.321. The molecule has 2 atom stereocenters. The predicted molar refractivity (Wildman–Crippen MR) is 71.4 cm³/mol. The van der Waals surface area contributed by atoms with Crippen molar-refractivity contribution < 1.29 is 9.53 Å². The first-order valence-electron chi connectivity index (χ1n) is 7.04. The van der Waals surface area contributed by atoms with Crippen molar-refractivity contribution >= 4 is 5.91 Å². The fourth-order valence-corrected chi connectivity index (χ4v) is 3.16. The lowest BCUT2D eigenvalue weighted by atomic mass is 9.93. The highest BCUT2D eigenvalue weighted by Gasteiger charge is 2.46. The Balaban J connectivity index is 2.02. The highest BCUT2D eigenvalue weighted by molar-refractivity contribution is 5.81. The minimum atomic E-state index is -0.212. The van der Waals surface area contributed by atoms with E-state index in [2.05, 4.69) is 38.3 Å². The van der Waals surface area contributed by atoms with Crippen LogP contribution >= 0.6 is 0 Å². The Morgan fingerprint density at radius 3 is 2.61 bits per heavy atom. The van der Waals surface area contributed by atoms with Gasteiger partial charge in [0.1, 0.15) is 0 Å². The van der Waals surface area contributed by atoms with Crippen molar-refractivity contribution in [2.45, 2.75) is 76.7 Å². The summed E-state index contributed by atoms with van der Waals surface area (Å²) in [4.78, 5) is 12.0. The first-order valence-corrected chi connectivity index (χ1v) is 7.04. The summed E-state index contributed by atoms with van der Waals surface area (Å²) >= 11 is 0. The van der Waals surface area contributed by atoms with Crippen LogP contribution in [0.15, 0.2) is 0 Å². The molecule has 0 aromatic heterocycles. The molecule has 0 aliphatic carbocycles. The molecule has 0 spiro atoms. The minimum Gasteiger partial charge on any atom is -0.368 e. The van der Waals surface area contributed by atoms with Gasteiger partial charge in [-0.2, -0.15) is 0 Å². The van der Waals surface area contributed by atoms with Gasteiger partial charge in [0.2, 0.25) is 5.91 Å². The van der Waals surface area contributed by atoms with Crippen molar-refractivity contribution in [1.29, 1.82) is 0 Å². The van der Waals surface area contributed by atoms with Crippen molar-refractivity contribution in [2.75, 3.05) is 6.54 Å². The maximum Gasteiger partial charge on any atom is 0.237 e. The van der Waals surface area contributed by atoms with Gasteiger partial charge in [-0.25, -0.2) is 0 Å². The van der Waals surface area contributed by atoms with Crippen LogP contribution in [0.2, 0.25) is 0 Å². The molecule has 0 aromatic carbocycles. The third-order valence-electron chi connectivity index (χ3n) is 4.01. The average Bonchev–Trinajstić information content (AvgIpc) is 2.37. The molecular weight excluding hydrogens is 228 g/mol. The van der Waals surface area contributed by atoms with Crippen LogP contribution in [0.3, 0.4) is 0 Å². The van der Waals surface area contributed by atoms with Gasteiger partial charge in [-0.05, 0) is 53.4 Å². The van der Waals surface area contributed by atoms with E-state index in [0.717, 1.165) is 32.2 Å². The number of rotatable bonds is 2. The van der Waals surface area contributed by atoms with Crippen molar-refractivity contribution in [3.63, 3.8) is 0 Å². The van der Waals surface area contributed by atoms with Crippen LogP contribution < -0.4 is 10.6 Å². The summed E-state index contributed by atoms with van der Waals surface area (Å²) in [6, 6.07) is 0.177. The van der Waals surface area contributed by atoms with Gasteiger partial charge in [0.15, 0.2) is 0 Å². The summed E-state index contributed by atoms with van der Waals surface area (Å²) < 4.78 is 6.06. The molecule has 2 aliphatic heterocycles. The van der Waals surface area contributed by atoms with Gasteiger partial charge in [-0.3, -0.25) is 4.79 Å². The highest BCUT2D eigenvalue weighted by atomic mass is 16.5. The lowest BCUT2D eigenvalue weighted by Gasteiger charge is -2.30. The molecule has 0 saturated carbocycles. The molecule has 1 amide bonds. The maximum absolute atomic E-state index is 12.0. The summed E-state index contributed by atoms with van der Waals surface area (Å²) in [5.74, 6) is 0.146. The summed E-state index contributed by atoms with van der Waals surface area (Å²) in [5, 5.41) is 6.49. The Bertz CT molecular complexity index is 326. The molecule has 2 heterocycles. The number of hydrogen-bond acceptors (Lipinski definition) is 3. The van der Waals surface area contributed by atoms with Crippen LogP contribution in [0.25, 0.3) is 0 Å². The fourth-order valence-electron chi connectivity index (χ4n) is 3.16. The number of nitrogens with one attached hydrogen (secondary N) is 2. The predicted octanol–water partition coefficient (Wildman–Crippen LogP) is 1.59. The third kappa shape index (κ3) is 3.04. The maximum atomic E-state index is 12.0. The van der Waals surface area contributed by atoms with Crippen LogP contribution in [-0.2, 0) is 9.53 Å². The van der Waals surface area contributed by atoms with E-state index in [-0.39, 0.29) is 29.2 Å². The van der Waals surface area contributed by atoms with Gasteiger partial charge in [-0.15, -0.1) is 0 Å². The standard InChI is InChI=1S/C14H26N2O2/c1-13(2)9-11(14(3,4)18-13)16-10-7-5-6-8-15-12(10)17/h10-11,16H,5-9H2,1-4H3,(H,15,17). The van der Waals surface area contributed by atoms with E-state index in [1.165, 1.54) is 0 Å². The molecule has 2 fully saturated rings. The molecule has 0 bridgehead atoms. The second kappa shape index (κ2) is 4.82. The van der Waals surface area contributed by atoms with Gasteiger partial charge in [0.25, 0.3) is 0 Å². The molecule has 4 heteroatoms. The number of ether oxygens (including phenoxy) is 1. The van der Waals surface area contributed by atoms with Crippen LogP contribution in [-0.4, -0.2) is 35.7 Å². The molecule has 18 heavy (non-hydrogen) atoms. The first kappa shape index (κ1) is 13.8. The highest BCUT2D eigenvalue weighted by Crippen LogP contribution is 2.37. The van der Waals surface area contributed by atoms with Crippen LogP contribution in [0.4, 0.5) is 0 Å². The smallest absolute Gasteiger partial charge is 0.237 e. The van der Waals surface area contributed by atoms with E-state index in [9.17, 15) is 4.79 Å². The Morgan fingerprint density at radius 2 is 2.00 bits per heavy atom. The molecular formula is C14H26N2O2. The molecule has 2 unspecified atom stereocenters. The third-order valence-corrected chi connectivity index (χ3v) is 4.01. The van der Waals surface area contributed by atoms with E-state index in [1.54, 1.807) is 0 Å². The molecule has 2 aliphatic rings. The van der Waals surface area contributed by atoms with E-state index in [0.29, 0.717) is 0 Å². The molecule has 4 nitrogen and oxygen atoms in total. The van der Waals surface area contributed by atoms with E-state index < -0.39 is 0 Å². The summed E-state index contributed by atoms with van der Waals surface area (Å²) in [7, 11) is 0. The van der Waals surface area contributed by atoms with Crippen molar-refractivity contribution in [3.8, 4) is 0 Å². The Hall–Kier alpha value is -0.610. The average molecular weight is 254 g/mol. The summed E-state index contributed by atoms with van der Waals surface area (Å²) in [6.45, 7) is 9.25. The first-order chi connectivity index (χ1) is 8.30. The molecule has 2 saturated heterocycles. The fraction of sp³-hybridized carbons (Fsp3) is 0.929. The molecule has 0 radical (unpaired) electrons. The molecule has 2 rings (SSSR count). The number of carbonyl (C=O) groups excluding carboxylic acids is 1. The quantitative estimate of drug-likeness (QED) is 0.787. The van der Waals surface area contributed by atoms with Gasteiger partial charge in [-0.1, -0.05) is 0 Å². The minimum absolute atomic E-state index is 0.0609. The molecule has 2 N–H and O–H groups in total. The van der Waals surface area contributed by atoms with Gasteiger partial charge in [0.05, 0.1) is 17.2 Å². The zero-order chi connectivity index (χ0) is 13.4. The van der Waals surface area contributed by atoms with Crippen LogP contribution in [0, 0.1) is 0 Å². The molecule has 104 valence electrons. The zero-order valence-corrected chi connectivity index (χ0v) is 12.0. The number of amides is 1. The van der Waals surface area contributed by atoms with Crippen LogP contribution in [0.1, 0.15) is 53.4 Å². The monoisotopic (exact) mass is 254 g/mol. The van der Waals surface area contributed by atoms with Crippen molar-refractivity contribution in [3.05, 3.63) is 0 Å². The van der Waals surface area contributed by atoms with Crippen molar-refractivity contribution in [2.24, 2.45) is 0 Å². The normalized spacial score (nSPS) is 35.0. The van der Waals surface area contributed by atoms with E-state index in [1.807, 2.05) is 0 Å². The van der Waals surface area contributed by atoms with Gasteiger partial charge in [0, 0.05) is 12.6 Å². The van der Waals surface area contributed by atoms with Gasteiger partial charge >= 0.3 is 0 Å². The van der Waals surface area contributed by atoms with E-state index in [4.69, 9.17) is 4.74 Å². The van der Waals surface area contributed by atoms with Gasteiger partial charge < -0.3 is 15.4 Å².